The van der Waals surface area contributed by atoms with Crippen LogP contribution in [0.5, 0.6) is 11.5 Å². The smallest absolute Gasteiger partial charge is 0.474 e. The molecule has 0 aromatic heterocycles. The molecule has 3 nitrogen and oxygen atoms in total. The summed E-state index contributed by atoms with van der Waals surface area (Å²) >= 11 is 12.1. The molecule has 3 rings (SSSR count). The molecular weight excluding hydrogens is 373 g/mol. The van der Waals surface area contributed by atoms with Gasteiger partial charge in [0, 0.05) is 17.2 Å². The highest BCUT2D eigenvalue weighted by Gasteiger charge is 2.32. The summed E-state index contributed by atoms with van der Waals surface area (Å²) in [5.74, 6) is -0.955. The molecule has 126 valence electrons. The van der Waals surface area contributed by atoms with E-state index in [4.69, 9.17) is 27.9 Å². The van der Waals surface area contributed by atoms with Gasteiger partial charge in [-0.05, 0) is 18.2 Å². The summed E-state index contributed by atoms with van der Waals surface area (Å²) < 4.78 is 59.8. The Morgan fingerprint density at radius 3 is 2.42 bits per heavy atom. The minimum atomic E-state index is -4.89. The van der Waals surface area contributed by atoms with Gasteiger partial charge in [-0.2, -0.15) is 0 Å². The molecular formula is C15H7Cl2F4NO2. The fourth-order valence-electron chi connectivity index (χ4n) is 2.26. The highest BCUT2D eigenvalue weighted by molar-refractivity contribution is 6.39. The van der Waals surface area contributed by atoms with Crippen LogP contribution in [0.25, 0.3) is 11.1 Å². The first kappa shape index (κ1) is 17.0. The number of rotatable bonds is 2. The maximum Gasteiger partial charge on any atom is 0.573 e. The molecule has 9 heteroatoms. The fourth-order valence-corrected chi connectivity index (χ4v) is 2.93. The van der Waals surface area contributed by atoms with Gasteiger partial charge < -0.3 is 14.8 Å². The summed E-state index contributed by atoms with van der Waals surface area (Å²) in [7, 11) is 0. The molecule has 1 aliphatic rings. The van der Waals surface area contributed by atoms with Gasteiger partial charge in [0.2, 0.25) is 6.61 Å². The number of halogens is 6. The molecule has 0 unspecified atom stereocenters. The third-order valence-corrected chi connectivity index (χ3v) is 3.69. The highest BCUT2D eigenvalue weighted by atomic mass is 35.5. The monoisotopic (exact) mass is 379 g/mol. The summed E-state index contributed by atoms with van der Waals surface area (Å²) in [5, 5.41) is 2.56. The van der Waals surface area contributed by atoms with E-state index in [1.165, 1.54) is 6.07 Å². The van der Waals surface area contributed by atoms with Crippen LogP contribution < -0.4 is 14.8 Å². The second kappa shape index (κ2) is 6.22. The Morgan fingerprint density at radius 1 is 1.12 bits per heavy atom. The van der Waals surface area contributed by atoms with Crippen molar-refractivity contribution in [3.63, 3.8) is 0 Å². The molecule has 2 aromatic carbocycles. The van der Waals surface area contributed by atoms with Crippen LogP contribution in [0.2, 0.25) is 10.0 Å². The van der Waals surface area contributed by atoms with Crippen molar-refractivity contribution in [1.29, 1.82) is 0 Å². The van der Waals surface area contributed by atoms with Crippen LogP contribution >= 0.6 is 23.2 Å². The predicted octanol–water partition coefficient (Wildman–Crippen LogP) is 5.54. The number of anilines is 1. The number of hydrogen-bond acceptors (Lipinski definition) is 3. The van der Waals surface area contributed by atoms with Gasteiger partial charge in [-0.15, -0.1) is 13.2 Å². The molecule has 0 atom stereocenters. The zero-order valence-corrected chi connectivity index (χ0v) is 13.1. The Morgan fingerprint density at radius 2 is 1.79 bits per heavy atom. The predicted molar refractivity (Wildman–Crippen MR) is 80.9 cm³/mol. The topological polar surface area (TPSA) is 30.5 Å². The van der Waals surface area contributed by atoms with E-state index in [1.54, 1.807) is 0 Å². The second-order valence-corrected chi connectivity index (χ2v) is 5.55. The van der Waals surface area contributed by atoms with Crippen LogP contribution in [0.15, 0.2) is 24.3 Å². The van der Waals surface area contributed by atoms with Gasteiger partial charge in [-0.1, -0.05) is 23.2 Å². The lowest BCUT2D eigenvalue weighted by Crippen LogP contribution is -2.17. The fraction of sp³-hybridized carbons (Fsp3) is 0.133. The van der Waals surface area contributed by atoms with Crippen molar-refractivity contribution < 1.29 is 27.0 Å². The number of nitrogens with one attached hydrogen (secondary N) is 1. The number of alkyl halides is 3. The minimum Gasteiger partial charge on any atom is -0.474 e. The Kier molecular flexibility index (Phi) is 4.40. The molecule has 0 saturated heterocycles. The number of benzene rings is 2. The van der Waals surface area contributed by atoms with Gasteiger partial charge in [0.15, 0.2) is 5.75 Å². The lowest BCUT2D eigenvalue weighted by molar-refractivity contribution is -0.274. The molecule has 0 bridgehead atoms. The van der Waals surface area contributed by atoms with E-state index >= 15 is 0 Å². The molecule has 1 aliphatic heterocycles. The number of hydrogen-bond donors (Lipinski definition) is 1. The SMILES string of the molecule is Fc1cc2c(c(-c3c(Cl)cc(OC(F)(F)F)cc3Cl)c1)O[C]CN2. The molecule has 2 aromatic rings. The third-order valence-electron chi connectivity index (χ3n) is 3.10. The maximum absolute atomic E-state index is 13.8. The van der Waals surface area contributed by atoms with E-state index < -0.39 is 17.9 Å². The number of ether oxygens (including phenoxy) is 2. The summed E-state index contributed by atoms with van der Waals surface area (Å²) in [5.41, 5.74) is 0.652. The zero-order valence-electron chi connectivity index (χ0n) is 11.6. The van der Waals surface area contributed by atoms with E-state index in [1.807, 2.05) is 0 Å². The van der Waals surface area contributed by atoms with Gasteiger partial charge in [0.05, 0.1) is 22.3 Å². The Bertz CT molecular complexity index is 773. The molecule has 0 amide bonds. The first-order valence-corrected chi connectivity index (χ1v) is 7.22. The van der Waals surface area contributed by atoms with Gasteiger partial charge in [0.1, 0.15) is 11.6 Å². The maximum atomic E-state index is 13.8. The first-order chi connectivity index (χ1) is 11.2. The van der Waals surface area contributed by atoms with Gasteiger partial charge in [0.25, 0.3) is 0 Å². The largest absolute Gasteiger partial charge is 0.573 e. The summed E-state index contributed by atoms with van der Waals surface area (Å²) in [6, 6.07) is 4.21. The summed E-state index contributed by atoms with van der Waals surface area (Å²) in [6.07, 6.45) is -4.89. The molecule has 1 N–H and O–H groups in total. The average Bonchev–Trinajstić information content (AvgIpc) is 2.44. The number of fused-ring (bicyclic) bond motifs is 1. The lowest BCUT2D eigenvalue weighted by atomic mass is 10.0. The average molecular weight is 380 g/mol. The van der Waals surface area contributed by atoms with Crippen LogP contribution in [0.1, 0.15) is 0 Å². The third kappa shape index (κ3) is 3.47. The molecule has 0 spiro atoms. The minimum absolute atomic E-state index is 0.120. The van der Waals surface area contributed by atoms with Crippen molar-refractivity contribution in [2.45, 2.75) is 6.36 Å². The molecule has 2 radical (unpaired) electrons. The Hall–Kier alpha value is -1.86. The standard InChI is InChI=1S/C15H7Cl2F4NO2/c16-10-5-8(24-15(19,20)21)6-11(17)13(10)9-3-7(18)4-12-14(9)23-2-1-22-12/h3-6,22H,1H2. The van der Waals surface area contributed by atoms with Crippen molar-refractivity contribution >= 4 is 28.9 Å². The van der Waals surface area contributed by atoms with Crippen molar-refractivity contribution in [2.24, 2.45) is 0 Å². The van der Waals surface area contributed by atoms with E-state index in [9.17, 15) is 17.6 Å². The lowest BCUT2D eigenvalue weighted by Gasteiger charge is -2.22. The van der Waals surface area contributed by atoms with Gasteiger partial charge in [-0.25, -0.2) is 4.39 Å². The van der Waals surface area contributed by atoms with Crippen molar-refractivity contribution in [3.8, 4) is 22.6 Å². The van der Waals surface area contributed by atoms with E-state index in [0.29, 0.717) is 5.69 Å². The van der Waals surface area contributed by atoms with Crippen LogP contribution in [-0.2, 0) is 0 Å². The van der Waals surface area contributed by atoms with E-state index in [2.05, 4.69) is 16.7 Å². The molecule has 0 saturated carbocycles. The van der Waals surface area contributed by atoms with Gasteiger partial charge >= 0.3 is 6.36 Å². The zero-order chi connectivity index (χ0) is 17.5. The van der Waals surface area contributed by atoms with Crippen LogP contribution in [0.4, 0.5) is 23.2 Å². The summed E-state index contributed by atoms with van der Waals surface area (Å²) in [4.78, 5) is 0. The van der Waals surface area contributed by atoms with Crippen LogP contribution in [0.3, 0.4) is 0 Å². The van der Waals surface area contributed by atoms with Crippen molar-refractivity contribution in [3.05, 3.63) is 46.7 Å². The molecule has 0 fully saturated rings. The van der Waals surface area contributed by atoms with Crippen molar-refractivity contribution in [2.75, 3.05) is 11.9 Å². The Labute approximate surface area is 144 Å². The van der Waals surface area contributed by atoms with E-state index in [0.717, 1.165) is 18.2 Å². The molecule has 0 aliphatic carbocycles. The highest BCUT2D eigenvalue weighted by Crippen LogP contribution is 2.46. The molecule has 24 heavy (non-hydrogen) atoms. The first-order valence-electron chi connectivity index (χ1n) is 6.47. The van der Waals surface area contributed by atoms with Crippen molar-refractivity contribution in [1.82, 2.24) is 0 Å². The quantitative estimate of drug-likeness (QED) is 0.694. The molecule has 1 heterocycles. The Balaban J connectivity index is 2.12. The second-order valence-electron chi connectivity index (χ2n) is 4.74. The summed E-state index contributed by atoms with van der Waals surface area (Å²) in [6.45, 7) is 2.80. The van der Waals surface area contributed by atoms with Crippen LogP contribution in [0, 0.1) is 12.4 Å². The van der Waals surface area contributed by atoms with E-state index in [-0.39, 0.29) is 33.5 Å². The van der Waals surface area contributed by atoms with Crippen LogP contribution in [-0.4, -0.2) is 12.9 Å². The van der Waals surface area contributed by atoms with Gasteiger partial charge in [-0.3, -0.25) is 0 Å². The normalized spacial score (nSPS) is 13.8.